The van der Waals surface area contributed by atoms with Crippen molar-refractivity contribution in [3.8, 4) is 5.69 Å². The average Bonchev–Trinajstić information content (AvgIpc) is 3.18. The first-order valence-corrected chi connectivity index (χ1v) is 9.89. The number of amides is 1. The highest BCUT2D eigenvalue weighted by atomic mass is 16.2. The lowest BCUT2D eigenvalue weighted by molar-refractivity contribution is 0.0295. The highest BCUT2D eigenvalue weighted by Crippen LogP contribution is 2.20. The number of hydrogen-bond acceptors (Lipinski definition) is 3. The van der Waals surface area contributed by atoms with Gasteiger partial charge in [0.15, 0.2) is 0 Å². The molecule has 1 aliphatic heterocycles. The minimum atomic E-state index is 0.135. The van der Waals surface area contributed by atoms with Crippen LogP contribution in [0.25, 0.3) is 5.69 Å². The zero-order valence-corrected chi connectivity index (χ0v) is 17.0. The molecule has 0 radical (unpaired) electrons. The molecule has 1 saturated heterocycles. The maximum Gasteiger partial charge on any atom is 0.254 e. The molecular formula is C22H32N4O. The van der Waals surface area contributed by atoms with Gasteiger partial charge >= 0.3 is 0 Å². The molecule has 1 aromatic heterocycles. The second kappa shape index (κ2) is 8.72. The maximum absolute atomic E-state index is 13.1. The Hall–Kier alpha value is -2.11. The molecule has 5 nitrogen and oxygen atoms in total. The summed E-state index contributed by atoms with van der Waals surface area (Å²) in [6.07, 6.45) is 5.16. The molecule has 1 fully saturated rings. The van der Waals surface area contributed by atoms with E-state index >= 15 is 0 Å². The zero-order chi connectivity index (χ0) is 19.4. The van der Waals surface area contributed by atoms with Gasteiger partial charge in [-0.25, -0.2) is 0 Å². The van der Waals surface area contributed by atoms with Crippen molar-refractivity contribution in [3.63, 3.8) is 0 Å². The summed E-state index contributed by atoms with van der Waals surface area (Å²) in [4.78, 5) is 19.9. The first-order valence-electron chi connectivity index (χ1n) is 9.89. The number of carbonyl (C=O) groups is 1. The van der Waals surface area contributed by atoms with Gasteiger partial charge in [-0.3, -0.25) is 9.69 Å². The fourth-order valence-corrected chi connectivity index (χ4v) is 4.02. The van der Waals surface area contributed by atoms with E-state index < -0.39 is 0 Å². The van der Waals surface area contributed by atoms with Crippen molar-refractivity contribution in [2.24, 2.45) is 0 Å². The van der Waals surface area contributed by atoms with Crippen LogP contribution in [0.15, 0.2) is 48.8 Å². The van der Waals surface area contributed by atoms with Gasteiger partial charge in [0.2, 0.25) is 0 Å². The Morgan fingerprint density at radius 3 is 2.37 bits per heavy atom. The van der Waals surface area contributed by atoms with Crippen molar-refractivity contribution >= 4 is 5.91 Å². The van der Waals surface area contributed by atoms with Crippen LogP contribution in [0.4, 0.5) is 0 Å². The van der Waals surface area contributed by atoms with Crippen molar-refractivity contribution in [2.45, 2.75) is 32.4 Å². The first-order chi connectivity index (χ1) is 13.0. The van der Waals surface area contributed by atoms with E-state index in [-0.39, 0.29) is 5.91 Å². The molecule has 1 aliphatic rings. The summed E-state index contributed by atoms with van der Waals surface area (Å²) in [6.45, 7) is 8.25. The average molecular weight is 369 g/mol. The van der Waals surface area contributed by atoms with Gasteiger partial charge in [0.05, 0.1) is 0 Å². The Labute approximate surface area is 163 Å². The third-order valence-electron chi connectivity index (χ3n) is 5.41. The molecule has 27 heavy (non-hydrogen) atoms. The van der Waals surface area contributed by atoms with Gasteiger partial charge in [-0.2, -0.15) is 0 Å². The molecule has 0 aliphatic carbocycles. The molecular weight excluding hydrogens is 336 g/mol. The van der Waals surface area contributed by atoms with Crippen LogP contribution in [-0.2, 0) is 0 Å². The van der Waals surface area contributed by atoms with Crippen LogP contribution < -0.4 is 0 Å². The summed E-state index contributed by atoms with van der Waals surface area (Å²) in [5.41, 5.74) is 1.79. The van der Waals surface area contributed by atoms with Crippen molar-refractivity contribution in [3.05, 3.63) is 54.4 Å². The predicted molar refractivity (Wildman–Crippen MR) is 110 cm³/mol. The second-order valence-electron chi connectivity index (χ2n) is 7.94. The fraction of sp³-hybridized carbons (Fsp3) is 0.500. The van der Waals surface area contributed by atoms with Gasteiger partial charge in [0.1, 0.15) is 0 Å². The number of hydrogen-bond donors (Lipinski definition) is 0. The van der Waals surface area contributed by atoms with E-state index in [4.69, 9.17) is 0 Å². The van der Waals surface area contributed by atoms with E-state index in [0.29, 0.717) is 12.1 Å². The normalized spacial score (nSPS) is 21.0. The van der Waals surface area contributed by atoms with E-state index in [9.17, 15) is 4.79 Å². The van der Waals surface area contributed by atoms with Crippen LogP contribution in [0.1, 0.15) is 30.6 Å². The first kappa shape index (κ1) is 19.6. The van der Waals surface area contributed by atoms with Gasteiger partial charge in [0, 0.05) is 55.4 Å². The van der Waals surface area contributed by atoms with Crippen molar-refractivity contribution in [1.29, 1.82) is 0 Å². The Balaban J connectivity index is 1.66. The van der Waals surface area contributed by atoms with Gasteiger partial charge in [-0.1, -0.05) is 6.07 Å². The van der Waals surface area contributed by atoms with Crippen LogP contribution in [0.5, 0.6) is 0 Å². The van der Waals surface area contributed by atoms with Crippen LogP contribution >= 0.6 is 0 Å². The lowest BCUT2D eigenvalue weighted by Gasteiger charge is -2.44. The van der Waals surface area contributed by atoms with Crippen LogP contribution in [0, 0.1) is 0 Å². The van der Waals surface area contributed by atoms with Gasteiger partial charge in [0.25, 0.3) is 5.91 Å². The minimum Gasteiger partial charge on any atom is -0.336 e. The van der Waals surface area contributed by atoms with E-state index in [0.717, 1.165) is 43.9 Å². The number of rotatable bonds is 6. The molecule has 5 heteroatoms. The van der Waals surface area contributed by atoms with Crippen LogP contribution in [0.2, 0.25) is 0 Å². The molecule has 2 aromatic rings. The standard InChI is InChI=1S/C22H32N4O/c1-18-16-25(17-19(2)26(18)14-8-11-23(3)4)22(27)20-9-7-10-21(15-20)24-12-5-6-13-24/h5-7,9-10,12-13,15,18-19H,8,11,14,16-17H2,1-4H3. The molecule has 3 rings (SSSR count). The van der Waals surface area contributed by atoms with E-state index in [2.05, 4.69) is 37.7 Å². The van der Waals surface area contributed by atoms with Gasteiger partial charge in [-0.05, 0) is 71.2 Å². The molecule has 146 valence electrons. The topological polar surface area (TPSA) is 31.7 Å². The fourth-order valence-electron chi connectivity index (χ4n) is 4.02. The zero-order valence-electron chi connectivity index (χ0n) is 17.0. The number of carbonyl (C=O) groups excluding carboxylic acids is 1. The summed E-state index contributed by atoms with van der Waals surface area (Å²) >= 11 is 0. The minimum absolute atomic E-state index is 0.135. The smallest absolute Gasteiger partial charge is 0.254 e. The van der Waals surface area contributed by atoms with Gasteiger partial charge < -0.3 is 14.4 Å². The predicted octanol–water partition coefficient (Wildman–Crippen LogP) is 2.96. The summed E-state index contributed by atoms with van der Waals surface area (Å²) in [5, 5.41) is 0. The number of nitrogens with zero attached hydrogens (tertiary/aromatic N) is 4. The summed E-state index contributed by atoms with van der Waals surface area (Å²) in [5.74, 6) is 0.135. The summed E-state index contributed by atoms with van der Waals surface area (Å²) < 4.78 is 2.03. The van der Waals surface area contributed by atoms with Crippen molar-refractivity contribution < 1.29 is 4.79 Å². The van der Waals surface area contributed by atoms with E-state index in [1.165, 1.54) is 0 Å². The van der Waals surface area contributed by atoms with Gasteiger partial charge in [-0.15, -0.1) is 0 Å². The number of piperazine rings is 1. The maximum atomic E-state index is 13.1. The largest absolute Gasteiger partial charge is 0.336 e. The molecule has 1 amide bonds. The summed E-state index contributed by atoms with van der Waals surface area (Å²) in [6, 6.07) is 12.7. The molecule has 1 aromatic carbocycles. The molecule has 0 bridgehead atoms. The lowest BCUT2D eigenvalue weighted by Crippen LogP contribution is -2.58. The lowest BCUT2D eigenvalue weighted by atomic mass is 10.1. The Morgan fingerprint density at radius 1 is 1.07 bits per heavy atom. The SMILES string of the molecule is CC1CN(C(=O)c2cccc(-n3cccc3)c2)CC(C)N1CCCN(C)C. The third kappa shape index (κ3) is 4.79. The molecule has 2 unspecified atom stereocenters. The molecule has 0 saturated carbocycles. The number of benzene rings is 1. The van der Waals surface area contributed by atoms with Crippen LogP contribution in [-0.4, -0.2) is 77.5 Å². The Morgan fingerprint density at radius 2 is 1.74 bits per heavy atom. The molecule has 0 spiro atoms. The van der Waals surface area contributed by atoms with Crippen molar-refractivity contribution in [2.75, 3.05) is 40.3 Å². The molecule has 0 N–H and O–H groups in total. The van der Waals surface area contributed by atoms with Crippen LogP contribution in [0.3, 0.4) is 0 Å². The number of aromatic nitrogens is 1. The quantitative estimate of drug-likeness (QED) is 0.786. The Bertz CT molecular complexity index is 729. The highest BCUT2D eigenvalue weighted by Gasteiger charge is 2.31. The second-order valence-corrected chi connectivity index (χ2v) is 7.94. The third-order valence-corrected chi connectivity index (χ3v) is 5.41. The molecule has 2 atom stereocenters. The highest BCUT2D eigenvalue weighted by molar-refractivity contribution is 5.95. The molecule has 2 heterocycles. The van der Waals surface area contributed by atoms with E-state index in [1.807, 2.05) is 58.3 Å². The summed E-state index contributed by atoms with van der Waals surface area (Å²) in [7, 11) is 4.23. The Kier molecular flexibility index (Phi) is 6.34. The van der Waals surface area contributed by atoms with E-state index in [1.54, 1.807) is 0 Å². The monoisotopic (exact) mass is 368 g/mol. The van der Waals surface area contributed by atoms with Crippen molar-refractivity contribution in [1.82, 2.24) is 19.3 Å².